The van der Waals surface area contributed by atoms with Crippen LogP contribution in [0, 0.1) is 11.8 Å². The van der Waals surface area contributed by atoms with E-state index in [-0.39, 0.29) is 17.6 Å². The highest BCUT2D eigenvalue weighted by Crippen LogP contribution is 2.34. The fraction of sp³-hybridized carbons (Fsp3) is 0.259. The summed E-state index contributed by atoms with van der Waals surface area (Å²) in [6.45, 7) is 1.87. The Bertz CT molecular complexity index is 1140. The molecule has 1 aliphatic rings. The fourth-order valence-electron chi connectivity index (χ4n) is 4.36. The van der Waals surface area contributed by atoms with E-state index in [0.717, 1.165) is 23.1 Å². The average Bonchev–Trinajstić information content (AvgIpc) is 3.35. The number of pyridine rings is 1. The molecule has 2 aromatic carbocycles. The number of carbonyl (C=O) groups is 3. The molecule has 33 heavy (non-hydrogen) atoms. The fourth-order valence-corrected chi connectivity index (χ4v) is 4.36. The van der Waals surface area contributed by atoms with Crippen molar-refractivity contribution in [2.24, 2.45) is 11.8 Å². The topological polar surface area (TPSA) is 96.4 Å². The number of carboxylic acid groups (broad SMARTS) is 1. The van der Waals surface area contributed by atoms with Crippen LogP contribution in [0.25, 0.3) is 11.1 Å². The Morgan fingerprint density at radius 2 is 1.58 bits per heavy atom. The van der Waals surface area contributed by atoms with Crippen molar-refractivity contribution >= 4 is 23.3 Å². The largest absolute Gasteiger partial charge is 0.481 e. The van der Waals surface area contributed by atoms with E-state index < -0.39 is 17.8 Å². The van der Waals surface area contributed by atoms with Gasteiger partial charge in [0.05, 0.1) is 11.8 Å². The van der Waals surface area contributed by atoms with Gasteiger partial charge in [0.15, 0.2) is 5.78 Å². The number of anilines is 1. The van der Waals surface area contributed by atoms with Gasteiger partial charge in [-0.05, 0) is 49.1 Å². The van der Waals surface area contributed by atoms with Crippen LogP contribution in [-0.2, 0) is 9.59 Å². The summed E-state index contributed by atoms with van der Waals surface area (Å²) in [5.74, 6) is -2.57. The van der Waals surface area contributed by atoms with Crippen molar-refractivity contribution in [2.45, 2.75) is 32.1 Å². The summed E-state index contributed by atoms with van der Waals surface area (Å²) in [4.78, 5) is 41.0. The molecule has 0 bridgehead atoms. The molecule has 0 spiro atoms. The van der Waals surface area contributed by atoms with Crippen LogP contribution in [0.1, 0.15) is 48.2 Å². The summed E-state index contributed by atoms with van der Waals surface area (Å²) in [5.41, 5.74) is 3.70. The lowest BCUT2D eigenvalue weighted by Crippen LogP contribution is -2.25. The van der Waals surface area contributed by atoms with E-state index in [1.807, 2.05) is 67.6 Å². The van der Waals surface area contributed by atoms with E-state index >= 15 is 0 Å². The maximum Gasteiger partial charge on any atom is 0.307 e. The zero-order valence-corrected chi connectivity index (χ0v) is 18.4. The number of amides is 1. The third kappa shape index (κ3) is 5.00. The first-order valence-electron chi connectivity index (χ1n) is 11.1. The number of carboxylic acids is 1. The molecule has 6 nitrogen and oxygen atoms in total. The first kappa shape index (κ1) is 22.4. The highest BCUT2D eigenvalue weighted by atomic mass is 16.4. The van der Waals surface area contributed by atoms with Gasteiger partial charge in [-0.25, -0.2) is 0 Å². The molecule has 1 amide bonds. The summed E-state index contributed by atoms with van der Waals surface area (Å²) >= 11 is 0. The Balaban J connectivity index is 1.41. The lowest BCUT2D eigenvalue weighted by Gasteiger charge is -2.14. The standard InChI is InChI=1S/C27H26N2O4/c1-17(18-6-3-2-4-7-18)26(31)29-21-13-10-19(11-14-21)20-12-15-24(28-16-20)25(30)22-8-5-9-23(22)27(32)33/h2-4,6-7,10-17,22-23H,5,8-9H2,1H3,(H,29,31)(H,32,33)/t17-,22?,23?/m1/s1. The van der Waals surface area contributed by atoms with Crippen LogP contribution in [0.3, 0.4) is 0 Å². The van der Waals surface area contributed by atoms with Crippen molar-refractivity contribution < 1.29 is 19.5 Å². The highest BCUT2D eigenvalue weighted by molar-refractivity contribution is 5.99. The van der Waals surface area contributed by atoms with Gasteiger partial charge in [-0.2, -0.15) is 0 Å². The maximum absolute atomic E-state index is 12.7. The van der Waals surface area contributed by atoms with Crippen LogP contribution in [-0.4, -0.2) is 27.8 Å². The molecule has 3 atom stereocenters. The van der Waals surface area contributed by atoms with Crippen molar-refractivity contribution in [3.05, 3.63) is 84.2 Å². The third-order valence-electron chi connectivity index (χ3n) is 6.36. The van der Waals surface area contributed by atoms with Gasteiger partial charge in [0, 0.05) is 23.4 Å². The van der Waals surface area contributed by atoms with Gasteiger partial charge < -0.3 is 10.4 Å². The Labute approximate surface area is 192 Å². The molecule has 2 unspecified atom stereocenters. The molecular formula is C27H26N2O4. The molecule has 168 valence electrons. The Morgan fingerprint density at radius 1 is 0.909 bits per heavy atom. The maximum atomic E-state index is 12.7. The van der Waals surface area contributed by atoms with Crippen molar-refractivity contribution in [1.29, 1.82) is 0 Å². The molecule has 6 heteroatoms. The van der Waals surface area contributed by atoms with Gasteiger partial charge in [0.1, 0.15) is 5.69 Å². The molecule has 1 heterocycles. The zero-order valence-electron chi connectivity index (χ0n) is 18.4. The first-order chi connectivity index (χ1) is 15.9. The van der Waals surface area contributed by atoms with Crippen molar-refractivity contribution in [2.75, 3.05) is 5.32 Å². The molecule has 2 N–H and O–H groups in total. The second kappa shape index (κ2) is 9.77. The molecular weight excluding hydrogens is 416 g/mol. The second-order valence-electron chi connectivity index (χ2n) is 8.48. The van der Waals surface area contributed by atoms with Gasteiger partial charge in [-0.15, -0.1) is 0 Å². The van der Waals surface area contributed by atoms with E-state index in [2.05, 4.69) is 10.3 Å². The monoisotopic (exact) mass is 442 g/mol. The number of nitrogens with one attached hydrogen (secondary N) is 1. The summed E-state index contributed by atoms with van der Waals surface area (Å²) in [6.07, 6.45) is 3.51. The summed E-state index contributed by atoms with van der Waals surface area (Å²) in [5, 5.41) is 12.3. The summed E-state index contributed by atoms with van der Waals surface area (Å²) < 4.78 is 0. The van der Waals surface area contributed by atoms with Crippen molar-refractivity contribution in [1.82, 2.24) is 4.98 Å². The molecule has 4 rings (SSSR count). The number of hydrogen-bond donors (Lipinski definition) is 2. The summed E-state index contributed by atoms with van der Waals surface area (Å²) in [7, 11) is 0. The van der Waals surface area contributed by atoms with Crippen LogP contribution in [0.5, 0.6) is 0 Å². The molecule has 0 aliphatic heterocycles. The Hall–Kier alpha value is -3.80. The van der Waals surface area contributed by atoms with Gasteiger partial charge in [-0.1, -0.05) is 55.0 Å². The quantitative estimate of drug-likeness (QED) is 0.492. The van der Waals surface area contributed by atoms with E-state index in [1.165, 1.54) is 0 Å². The number of hydrogen-bond acceptors (Lipinski definition) is 4. The van der Waals surface area contributed by atoms with Crippen LogP contribution >= 0.6 is 0 Å². The van der Waals surface area contributed by atoms with E-state index in [0.29, 0.717) is 24.2 Å². The Morgan fingerprint density at radius 3 is 2.21 bits per heavy atom. The SMILES string of the molecule is C[C@@H](C(=O)Nc1ccc(-c2ccc(C(=O)C3CCCC3C(=O)O)nc2)cc1)c1ccccc1. The third-order valence-corrected chi connectivity index (χ3v) is 6.36. The predicted octanol–water partition coefficient (Wildman–Crippen LogP) is 5.17. The molecule has 1 fully saturated rings. The normalized spacial score (nSPS) is 18.5. The number of benzene rings is 2. The molecule has 0 radical (unpaired) electrons. The summed E-state index contributed by atoms with van der Waals surface area (Å²) in [6, 6.07) is 20.5. The number of rotatable bonds is 7. The number of ketones is 1. The highest BCUT2D eigenvalue weighted by Gasteiger charge is 2.38. The van der Waals surface area contributed by atoms with Gasteiger partial charge >= 0.3 is 5.97 Å². The average molecular weight is 443 g/mol. The zero-order chi connectivity index (χ0) is 23.4. The van der Waals surface area contributed by atoms with Crippen LogP contribution in [0.2, 0.25) is 0 Å². The minimum Gasteiger partial charge on any atom is -0.481 e. The molecule has 3 aromatic rings. The molecule has 1 aliphatic carbocycles. The van der Waals surface area contributed by atoms with Gasteiger partial charge in [-0.3, -0.25) is 19.4 Å². The number of Topliss-reactive ketones (excluding diaryl/α,β-unsaturated/α-hetero) is 1. The number of nitrogens with zero attached hydrogens (tertiary/aromatic N) is 1. The smallest absolute Gasteiger partial charge is 0.307 e. The van der Waals surface area contributed by atoms with Crippen LogP contribution in [0.15, 0.2) is 72.9 Å². The predicted molar refractivity (Wildman–Crippen MR) is 126 cm³/mol. The van der Waals surface area contributed by atoms with Crippen molar-refractivity contribution in [3.63, 3.8) is 0 Å². The molecule has 0 saturated heterocycles. The van der Waals surface area contributed by atoms with Crippen molar-refractivity contribution in [3.8, 4) is 11.1 Å². The number of aliphatic carboxylic acids is 1. The second-order valence-corrected chi connectivity index (χ2v) is 8.48. The minimum atomic E-state index is -0.909. The minimum absolute atomic E-state index is 0.0786. The van der Waals surface area contributed by atoms with Gasteiger partial charge in [0.2, 0.25) is 5.91 Å². The van der Waals surface area contributed by atoms with E-state index in [4.69, 9.17) is 0 Å². The van der Waals surface area contributed by atoms with E-state index in [9.17, 15) is 19.5 Å². The molecule has 1 saturated carbocycles. The van der Waals surface area contributed by atoms with E-state index in [1.54, 1.807) is 12.3 Å². The number of carbonyl (C=O) groups excluding carboxylic acids is 2. The van der Waals surface area contributed by atoms with Crippen LogP contribution < -0.4 is 5.32 Å². The molecule has 1 aromatic heterocycles. The van der Waals surface area contributed by atoms with Gasteiger partial charge in [0.25, 0.3) is 0 Å². The number of aromatic nitrogens is 1. The first-order valence-corrected chi connectivity index (χ1v) is 11.1. The lowest BCUT2D eigenvalue weighted by atomic mass is 9.90. The Kier molecular flexibility index (Phi) is 6.63. The lowest BCUT2D eigenvalue weighted by molar-refractivity contribution is -0.142. The van der Waals surface area contributed by atoms with Crippen LogP contribution in [0.4, 0.5) is 5.69 Å².